The SMILES string of the molecule is O=c1c2ccccc2nc(SCc2cccc(C(F)(F)F)c2)n1-c1ccc(Cl)cc1. The van der Waals surface area contributed by atoms with Gasteiger partial charge in [-0.05, 0) is 48.0 Å². The number of rotatable bonds is 4. The van der Waals surface area contributed by atoms with Gasteiger partial charge in [-0.1, -0.05) is 53.7 Å². The lowest BCUT2D eigenvalue weighted by atomic mass is 10.1. The second-order valence-electron chi connectivity index (χ2n) is 6.52. The molecule has 8 heteroatoms. The Morgan fingerprint density at radius 1 is 0.967 bits per heavy atom. The Morgan fingerprint density at radius 2 is 1.70 bits per heavy atom. The van der Waals surface area contributed by atoms with E-state index in [9.17, 15) is 18.0 Å². The van der Waals surface area contributed by atoms with Crippen LogP contribution in [0.2, 0.25) is 5.02 Å². The molecule has 3 nitrogen and oxygen atoms in total. The third-order valence-electron chi connectivity index (χ3n) is 4.45. The molecule has 0 amide bonds. The van der Waals surface area contributed by atoms with Gasteiger partial charge in [0.15, 0.2) is 5.16 Å². The van der Waals surface area contributed by atoms with Crippen LogP contribution in [0.1, 0.15) is 11.1 Å². The molecule has 0 saturated heterocycles. The maximum Gasteiger partial charge on any atom is 0.416 e. The molecule has 0 bridgehead atoms. The van der Waals surface area contributed by atoms with Crippen molar-refractivity contribution in [2.75, 3.05) is 0 Å². The Balaban J connectivity index is 1.77. The van der Waals surface area contributed by atoms with E-state index in [1.54, 1.807) is 54.6 Å². The second kappa shape index (κ2) is 8.16. The number of aromatic nitrogens is 2. The maximum absolute atomic E-state index is 13.2. The van der Waals surface area contributed by atoms with Gasteiger partial charge in [-0.25, -0.2) is 4.98 Å². The number of hydrogen-bond acceptors (Lipinski definition) is 3. The fourth-order valence-corrected chi connectivity index (χ4v) is 4.09. The lowest BCUT2D eigenvalue weighted by Gasteiger charge is -2.14. The quantitative estimate of drug-likeness (QED) is 0.270. The molecule has 152 valence electrons. The minimum Gasteiger partial charge on any atom is -0.268 e. The van der Waals surface area contributed by atoms with Gasteiger partial charge in [0, 0.05) is 10.8 Å². The monoisotopic (exact) mass is 446 g/mol. The van der Waals surface area contributed by atoms with E-state index >= 15 is 0 Å². The molecule has 0 aliphatic heterocycles. The lowest BCUT2D eigenvalue weighted by molar-refractivity contribution is -0.137. The van der Waals surface area contributed by atoms with Crippen LogP contribution in [0.25, 0.3) is 16.6 Å². The van der Waals surface area contributed by atoms with Gasteiger partial charge in [-0.2, -0.15) is 13.2 Å². The zero-order valence-electron chi connectivity index (χ0n) is 15.4. The van der Waals surface area contributed by atoms with Crippen molar-refractivity contribution in [3.63, 3.8) is 0 Å². The summed E-state index contributed by atoms with van der Waals surface area (Å²) < 4.78 is 40.5. The van der Waals surface area contributed by atoms with E-state index in [0.29, 0.717) is 32.3 Å². The number of benzene rings is 3. The average molecular weight is 447 g/mol. The number of hydrogen-bond donors (Lipinski definition) is 0. The number of para-hydroxylation sites is 1. The highest BCUT2D eigenvalue weighted by molar-refractivity contribution is 7.98. The molecule has 0 spiro atoms. The van der Waals surface area contributed by atoms with Crippen LogP contribution in [-0.4, -0.2) is 9.55 Å². The van der Waals surface area contributed by atoms with Gasteiger partial charge < -0.3 is 0 Å². The van der Waals surface area contributed by atoms with Crippen LogP contribution in [0, 0.1) is 0 Å². The van der Waals surface area contributed by atoms with Gasteiger partial charge in [-0.15, -0.1) is 0 Å². The molecule has 0 fully saturated rings. The first-order chi connectivity index (χ1) is 14.3. The Kier molecular flexibility index (Phi) is 5.58. The Morgan fingerprint density at radius 3 is 2.43 bits per heavy atom. The van der Waals surface area contributed by atoms with Crippen molar-refractivity contribution in [2.45, 2.75) is 17.1 Å². The summed E-state index contributed by atoms with van der Waals surface area (Å²) in [6.07, 6.45) is -4.41. The minimum absolute atomic E-state index is 0.224. The Hall–Kier alpha value is -2.77. The summed E-state index contributed by atoms with van der Waals surface area (Å²) in [5, 5.41) is 1.37. The van der Waals surface area contributed by atoms with E-state index < -0.39 is 11.7 Å². The molecule has 0 aliphatic carbocycles. The molecule has 0 unspecified atom stereocenters. The van der Waals surface area contributed by atoms with Gasteiger partial charge in [0.25, 0.3) is 5.56 Å². The molecule has 0 atom stereocenters. The molecule has 1 heterocycles. The van der Waals surface area contributed by atoms with Crippen molar-refractivity contribution in [3.8, 4) is 5.69 Å². The van der Waals surface area contributed by atoms with Gasteiger partial charge in [0.2, 0.25) is 0 Å². The number of alkyl halides is 3. The predicted molar refractivity (Wildman–Crippen MR) is 113 cm³/mol. The van der Waals surface area contributed by atoms with Crippen molar-refractivity contribution in [3.05, 3.63) is 99.3 Å². The smallest absolute Gasteiger partial charge is 0.268 e. The van der Waals surface area contributed by atoms with Crippen LogP contribution < -0.4 is 5.56 Å². The molecule has 30 heavy (non-hydrogen) atoms. The summed E-state index contributed by atoms with van der Waals surface area (Å²) in [6, 6.07) is 18.8. The van der Waals surface area contributed by atoms with Crippen molar-refractivity contribution in [1.82, 2.24) is 9.55 Å². The van der Waals surface area contributed by atoms with E-state index in [1.807, 2.05) is 0 Å². The number of halogens is 4. The van der Waals surface area contributed by atoms with E-state index in [2.05, 4.69) is 4.98 Å². The first kappa shape index (κ1) is 20.5. The topological polar surface area (TPSA) is 34.9 Å². The van der Waals surface area contributed by atoms with E-state index in [-0.39, 0.29) is 11.3 Å². The zero-order chi connectivity index (χ0) is 21.3. The molecule has 0 N–H and O–H groups in total. The lowest BCUT2D eigenvalue weighted by Crippen LogP contribution is -2.21. The Labute approximate surface area is 179 Å². The molecule has 3 aromatic carbocycles. The van der Waals surface area contributed by atoms with Gasteiger partial charge in [0.05, 0.1) is 22.2 Å². The summed E-state index contributed by atoms with van der Waals surface area (Å²) >= 11 is 7.17. The fourth-order valence-electron chi connectivity index (χ4n) is 3.01. The highest BCUT2D eigenvalue weighted by Crippen LogP contribution is 2.31. The van der Waals surface area contributed by atoms with Crippen molar-refractivity contribution in [2.24, 2.45) is 0 Å². The van der Waals surface area contributed by atoms with Gasteiger partial charge in [0.1, 0.15) is 0 Å². The van der Waals surface area contributed by atoms with Crippen molar-refractivity contribution >= 4 is 34.3 Å². The third kappa shape index (κ3) is 4.22. The van der Waals surface area contributed by atoms with Crippen LogP contribution in [0.5, 0.6) is 0 Å². The molecule has 0 aliphatic rings. The fraction of sp³-hybridized carbons (Fsp3) is 0.0909. The van der Waals surface area contributed by atoms with Crippen LogP contribution in [0.15, 0.2) is 82.7 Å². The third-order valence-corrected chi connectivity index (χ3v) is 5.71. The molecular formula is C22H14ClF3N2OS. The van der Waals surface area contributed by atoms with Gasteiger partial charge >= 0.3 is 6.18 Å². The zero-order valence-corrected chi connectivity index (χ0v) is 16.9. The first-order valence-corrected chi connectivity index (χ1v) is 10.3. The van der Waals surface area contributed by atoms with Crippen LogP contribution in [0.3, 0.4) is 0 Å². The summed E-state index contributed by atoms with van der Waals surface area (Å²) in [5.74, 6) is 0.224. The van der Waals surface area contributed by atoms with E-state index in [0.717, 1.165) is 12.1 Å². The minimum atomic E-state index is -4.41. The Bertz CT molecular complexity index is 1270. The first-order valence-electron chi connectivity index (χ1n) is 8.89. The summed E-state index contributed by atoms with van der Waals surface area (Å²) in [5.41, 5.74) is 0.630. The molecule has 0 radical (unpaired) electrons. The summed E-state index contributed by atoms with van der Waals surface area (Å²) in [4.78, 5) is 17.8. The molecular weight excluding hydrogens is 433 g/mol. The average Bonchev–Trinajstić information content (AvgIpc) is 2.73. The van der Waals surface area contributed by atoms with Crippen molar-refractivity contribution in [1.29, 1.82) is 0 Å². The van der Waals surface area contributed by atoms with Gasteiger partial charge in [-0.3, -0.25) is 9.36 Å². The molecule has 1 aromatic heterocycles. The largest absolute Gasteiger partial charge is 0.416 e. The second-order valence-corrected chi connectivity index (χ2v) is 7.89. The molecule has 0 saturated carbocycles. The van der Waals surface area contributed by atoms with E-state index in [1.165, 1.54) is 22.4 Å². The standard InChI is InChI=1S/C22H14ClF3N2OS/c23-16-8-10-17(11-9-16)28-20(29)18-6-1-2-7-19(18)27-21(28)30-13-14-4-3-5-15(12-14)22(24,25)26/h1-12H,13H2. The molecule has 4 rings (SSSR count). The number of thioether (sulfide) groups is 1. The summed E-state index contributed by atoms with van der Waals surface area (Å²) in [7, 11) is 0. The van der Waals surface area contributed by atoms with E-state index in [4.69, 9.17) is 11.6 Å². The van der Waals surface area contributed by atoms with Crippen LogP contribution in [0.4, 0.5) is 13.2 Å². The normalized spacial score (nSPS) is 11.7. The predicted octanol–water partition coefficient (Wildman–Crippen LogP) is 6.35. The highest BCUT2D eigenvalue weighted by Gasteiger charge is 2.30. The molecule has 4 aromatic rings. The number of fused-ring (bicyclic) bond motifs is 1. The van der Waals surface area contributed by atoms with Crippen molar-refractivity contribution < 1.29 is 13.2 Å². The van der Waals surface area contributed by atoms with Crippen LogP contribution in [-0.2, 0) is 11.9 Å². The summed E-state index contributed by atoms with van der Waals surface area (Å²) in [6.45, 7) is 0. The number of nitrogens with zero attached hydrogens (tertiary/aromatic N) is 2. The van der Waals surface area contributed by atoms with Crippen LogP contribution >= 0.6 is 23.4 Å². The maximum atomic E-state index is 13.2. The highest BCUT2D eigenvalue weighted by atomic mass is 35.5.